The molecule has 2 aliphatic rings. The third kappa shape index (κ3) is 3.08. The summed E-state index contributed by atoms with van der Waals surface area (Å²) in [6.07, 6.45) is 9.14. The van der Waals surface area contributed by atoms with Gasteiger partial charge in [0.15, 0.2) is 0 Å². The number of aromatic nitrogens is 4. The van der Waals surface area contributed by atoms with Crippen LogP contribution >= 0.6 is 0 Å². The van der Waals surface area contributed by atoms with E-state index in [1.165, 1.54) is 0 Å². The van der Waals surface area contributed by atoms with Crippen LogP contribution in [-0.4, -0.2) is 45.3 Å². The van der Waals surface area contributed by atoms with E-state index < -0.39 is 0 Å². The molecule has 3 atom stereocenters. The van der Waals surface area contributed by atoms with Gasteiger partial charge in [0.25, 0.3) is 0 Å². The van der Waals surface area contributed by atoms with Crippen LogP contribution in [0.1, 0.15) is 25.3 Å². The number of nitriles is 1. The summed E-state index contributed by atoms with van der Waals surface area (Å²) in [5.74, 6) is 2.90. The molecule has 1 unspecified atom stereocenters. The second-order valence-electron chi connectivity index (χ2n) is 7.90. The Bertz CT molecular complexity index is 1070. The number of nitrogens with two attached hydrogens (primary N) is 1. The van der Waals surface area contributed by atoms with Crippen molar-refractivity contribution in [2.24, 2.45) is 17.6 Å². The molecule has 1 aliphatic heterocycles. The average molecular weight is 389 g/mol. The van der Waals surface area contributed by atoms with Crippen LogP contribution in [0.15, 0.2) is 30.9 Å². The number of pyridine rings is 1. The van der Waals surface area contributed by atoms with E-state index in [-0.39, 0.29) is 0 Å². The first kappa shape index (κ1) is 17.9. The molecule has 0 bridgehead atoms. The molecule has 0 aromatic carbocycles. The normalized spacial score (nSPS) is 23.3. The van der Waals surface area contributed by atoms with Crippen LogP contribution in [0.3, 0.4) is 0 Å². The fraction of sp³-hybridized carbons (Fsp3) is 0.429. The van der Waals surface area contributed by atoms with Crippen molar-refractivity contribution in [3.05, 3.63) is 36.4 Å². The second-order valence-corrected chi connectivity index (χ2v) is 7.90. The van der Waals surface area contributed by atoms with Gasteiger partial charge in [0.05, 0.1) is 48.2 Å². The van der Waals surface area contributed by atoms with Crippen molar-refractivity contribution in [3.63, 3.8) is 0 Å². The molecule has 5 rings (SSSR count). The highest BCUT2D eigenvalue weighted by atomic mass is 16.5. The van der Waals surface area contributed by atoms with Crippen molar-refractivity contribution in [1.29, 1.82) is 5.26 Å². The molecule has 2 fully saturated rings. The van der Waals surface area contributed by atoms with Crippen LogP contribution in [0.5, 0.6) is 5.75 Å². The lowest BCUT2D eigenvalue weighted by Crippen LogP contribution is -2.25. The highest BCUT2D eigenvalue weighted by Gasteiger charge is 2.40. The number of hydrogen-bond donors (Lipinski definition) is 1. The van der Waals surface area contributed by atoms with Gasteiger partial charge in [-0.1, -0.05) is 0 Å². The van der Waals surface area contributed by atoms with Crippen molar-refractivity contribution in [1.82, 2.24) is 19.6 Å². The fourth-order valence-electron chi connectivity index (χ4n) is 4.78. The van der Waals surface area contributed by atoms with Gasteiger partial charge in [-0.3, -0.25) is 4.98 Å². The number of anilines is 1. The van der Waals surface area contributed by atoms with Gasteiger partial charge >= 0.3 is 0 Å². The monoisotopic (exact) mass is 389 g/mol. The third-order valence-electron chi connectivity index (χ3n) is 6.04. The largest absolute Gasteiger partial charge is 0.492 e. The zero-order valence-electron chi connectivity index (χ0n) is 16.3. The van der Waals surface area contributed by atoms with Gasteiger partial charge in [-0.25, -0.2) is 9.50 Å². The minimum atomic E-state index is 0.352. The molecule has 1 saturated heterocycles. The Labute approximate surface area is 168 Å². The van der Waals surface area contributed by atoms with E-state index in [2.05, 4.69) is 26.0 Å². The highest BCUT2D eigenvalue weighted by molar-refractivity contribution is 5.83. The predicted octanol–water partition coefficient (Wildman–Crippen LogP) is 2.24. The van der Waals surface area contributed by atoms with Gasteiger partial charge in [0, 0.05) is 24.7 Å². The summed E-state index contributed by atoms with van der Waals surface area (Å²) in [5, 5.41) is 13.8. The van der Waals surface area contributed by atoms with E-state index in [0.29, 0.717) is 47.0 Å². The Balaban J connectivity index is 1.48. The smallest absolute Gasteiger partial charge is 0.147 e. The molecule has 0 radical (unpaired) electrons. The van der Waals surface area contributed by atoms with E-state index in [1.807, 2.05) is 19.2 Å². The molecule has 8 nitrogen and oxygen atoms in total. The number of nitrogens with zero attached hydrogens (tertiary/aromatic N) is 6. The van der Waals surface area contributed by atoms with E-state index in [0.717, 1.165) is 37.3 Å². The molecule has 8 heteroatoms. The summed E-state index contributed by atoms with van der Waals surface area (Å²) in [7, 11) is 0. The lowest BCUT2D eigenvalue weighted by molar-refractivity contribution is 0.338. The maximum absolute atomic E-state index is 9.47. The summed E-state index contributed by atoms with van der Waals surface area (Å²) in [5.41, 5.74) is 8.79. The molecular formula is C21H23N7O. The minimum Gasteiger partial charge on any atom is -0.492 e. The Morgan fingerprint density at radius 1 is 1.21 bits per heavy atom. The molecule has 29 heavy (non-hydrogen) atoms. The Hall–Kier alpha value is -3.18. The van der Waals surface area contributed by atoms with Crippen molar-refractivity contribution in [2.75, 3.05) is 24.6 Å². The molecule has 1 aliphatic carbocycles. The Morgan fingerprint density at radius 3 is 2.66 bits per heavy atom. The van der Waals surface area contributed by atoms with Crippen LogP contribution < -0.4 is 15.4 Å². The summed E-state index contributed by atoms with van der Waals surface area (Å²) in [6, 6.07) is 4.45. The van der Waals surface area contributed by atoms with Gasteiger partial charge < -0.3 is 15.4 Å². The van der Waals surface area contributed by atoms with E-state index in [1.54, 1.807) is 23.1 Å². The van der Waals surface area contributed by atoms with Crippen molar-refractivity contribution >= 4 is 11.3 Å². The first-order valence-electron chi connectivity index (χ1n) is 10.0. The molecule has 0 spiro atoms. The molecule has 4 heterocycles. The van der Waals surface area contributed by atoms with Crippen LogP contribution in [0.4, 0.5) is 5.82 Å². The number of rotatable bonds is 4. The fourth-order valence-corrected chi connectivity index (χ4v) is 4.78. The third-order valence-corrected chi connectivity index (χ3v) is 6.04. The van der Waals surface area contributed by atoms with Crippen molar-refractivity contribution in [3.8, 4) is 23.1 Å². The summed E-state index contributed by atoms with van der Waals surface area (Å²) >= 11 is 0. The van der Waals surface area contributed by atoms with E-state index >= 15 is 0 Å². The zero-order valence-corrected chi connectivity index (χ0v) is 16.3. The van der Waals surface area contributed by atoms with Gasteiger partial charge in [-0.15, -0.1) is 0 Å². The lowest BCUT2D eigenvalue weighted by atomic mass is 10.0. The van der Waals surface area contributed by atoms with E-state index in [4.69, 9.17) is 10.5 Å². The van der Waals surface area contributed by atoms with Crippen LogP contribution in [-0.2, 0) is 0 Å². The number of hydrogen-bond acceptors (Lipinski definition) is 7. The molecule has 148 valence electrons. The van der Waals surface area contributed by atoms with Crippen LogP contribution in [0, 0.1) is 23.2 Å². The first-order valence-corrected chi connectivity index (χ1v) is 10.0. The predicted molar refractivity (Wildman–Crippen MR) is 109 cm³/mol. The lowest BCUT2D eigenvalue weighted by Gasteiger charge is -2.19. The van der Waals surface area contributed by atoms with Gasteiger partial charge in [0.1, 0.15) is 17.6 Å². The molecule has 2 N–H and O–H groups in total. The zero-order chi connectivity index (χ0) is 20.0. The standard InChI is InChI=1S/C21H23N7O/c1-2-29-17-5-18(21-15(6-22)7-26-28(21)12-17)19-8-25-20(9-24-19)27-10-13-3-16(23)4-14(13)11-27/h5,7-9,12-14,16H,2-4,10-11,23H2,1H3/t13-,14+,16?. The molecule has 3 aromatic rings. The number of fused-ring (bicyclic) bond motifs is 2. The van der Waals surface area contributed by atoms with E-state index in [9.17, 15) is 5.26 Å². The maximum Gasteiger partial charge on any atom is 0.147 e. The minimum absolute atomic E-state index is 0.352. The average Bonchev–Trinajstić information content (AvgIpc) is 3.40. The Kier molecular flexibility index (Phi) is 4.32. The molecular weight excluding hydrogens is 366 g/mol. The number of ether oxygens (including phenoxy) is 1. The molecule has 3 aromatic heterocycles. The molecule has 0 amide bonds. The summed E-state index contributed by atoms with van der Waals surface area (Å²) in [4.78, 5) is 11.7. The van der Waals surface area contributed by atoms with Crippen molar-refractivity contribution in [2.45, 2.75) is 25.8 Å². The topological polar surface area (TPSA) is 105 Å². The van der Waals surface area contributed by atoms with Crippen molar-refractivity contribution < 1.29 is 4.74 Å². The van der Waals surface area contributed by atoms with Gasteiger partial charge in [0.2, 0.25) is 0 Å². The summed E-state index contributed by atoms with van der Waals surface area (Å²) in [6.45, 7) is 4.47. The highest BCUT2D eigenvalue weighted by Crippen LogP contribution is 2.39. The Morgan fingerprint density at radius 2 is 2.00 bits per heavy atom. The van der Waals surface area contributed by atoms with Crippen LogP contribution in [0.2, 0.25) is 0 Å². The van der Waals surface area contributed by atoms with Gasteiger partial charge in [-0.05, 0) is 37.7 Å². The maximum atomic E-state index is 9.47. The second kappa shape index (κ2) is 7.01. The first-order chi connectivity index (χ1) is 14.2. The SMILES string of the molecule is CCOc1cc(-c2cnc(N3C[C@H]4CC(N)C[C@H]4C3)cn2)c2c(C#N)cnn2c1. The van der Waals surface area contributed by atoms with Gasteiger partial charge in [-0.2, -0.15) is 10.4 Å². The quantitative estimate of drug-likeness (QED) is 0.729. The summed E-state index contributed by atoms with van der Waals surface area (Å²) < 4.78 is 7.33. The van der Waals surface area contributed by atoms with Crippen LogP contribution in [0.25, 0.3) is 16.8 Å². The molecule has 1 saturated carbocycles.